The van der Waals surface area contributed by atoms with Gasteiger partial charge in [-0.3, -0.25) is 4.79 Å². The second-order valence-electron chi connectivity index (χ2n) is 6.91. The van der Waals surface area contributed by atoms with Crippen LogP contribution in [0.15, 0.2) is 0 Å². The molecule has 122 valence electrons. The van der Waals surface area contributed by atoms with Crippen molar-refractivity contribution in [3.63, 3.8) is 0 Å². The second kappa shape index (κ2) is 6.64. The molecule has 0 bridgehead atoms. The lowest BCUT2D eigenvalue weighted by Gasteiger charge is -2.27. The number of nitrogens with zero attached hydrogens (tertiary/aromatic N) is 1. The Bertz CT molecular complexity index is 388. The van der Waals surface area contributed by atoms with Crippen LogP contribution in [0.1, 0.15) is 47.5 Å². The van der Waals surface area contributed by atoms with Crippen LogP contribution in [0.25, 0.3) is 0 Å². The summed E-state index contributed by atoms with van der Waals surface area (Å²) in [5, 5.41) is 9.53. The van der Waals surface area contributed by atoms with Crippen LogP contribution in [0, 0.1) is 5.41 Å². The third-order valence-electron chi connectivity index (χ3n) is 3.49. The molecule has 1 unspecified atom stereocenters. The second-order valence-corrected chi connectivity index (χ2v) is 6.91. The zero-order chi connectivity index (χ0) is 16.3. The van der Waals surface area contributed by atoms with Crippen molar-refractivity contribution in [1.82, 2.24) is 4.90 Å². The molecule has 1 atom stereocenters. The van der Waals surface area contributed by atoms with E-state index in [9.17, 15) is 14.7 Å². The molecule has 0 spiro atoms. The minimum Gasteiger partial charge on any atom is -0.481 e. The quantitative estimate of drug-likeness (QED) is 0.844. The zero-order valence-electron chi connectivity index (χ0n) is 13.6. The molecule has 1 fully saturated rings. The fourth-order valence-electron chi connectivity index (χ4n) is 2.33. The van der Waals surface area contributed by atoms with Crippen molar-refractivity contribution in [1.29, 1.82) is 0 Å². The van der Waals surface area contributed by atoms with Crippen LogP contribution in [0.4, 0.5) is 4.79 Å². The molecule has 1 saturated heterocycles. The van der Waals surface area contributed by atoms with E-state index in [0.717, 1.165) is 0 Å². The monoisotopic (exact) mass is 301 g/mol. The zero-order valence-corrected chi connectivity index (χ0v) is 13.6. The van der Waals surface area contributed by atoms with Crippen molar-refractivity contribution in [3.05, 3.63) is 0 Å². The lowest BCUT2D eigenvalue weighted by Crippen LogP contribution is -2.40. The number of amides is 1. The molecule has 0 saturated carbocycles. The number of carboxylic acid groups (broad SMARTS) is 1. The molecular weight excluding hydrogens is 274 g/mol. The van der Waals surface area contributed by atoms with E-state index >= 15 is 0 Å². The minimum absolute atomic E-state index is 0.0687. The number of hydrogen-bond acceptors (Lipinski definition) is 4. The van der Waals surface area contributed by atoms with Crippen molar-refractivity contribution in [2.75, 3.05) is 19.7 Å². The molecule has 1 N–H and O–H groups in total. The van der Waals surface area contributed by atoms with Crippen LogP contribution >= 0.6 is 0 Å². The summed E-state index contributed by atoms with van der Waals surface area (Å²) >= 11 is 0. The van der Waals surface area contributed by atoms with Crippen LogP contribution in [-0.4, -0.2) is 53.5 Å². The maximum atomic E-state index is 12.0. The normalized spacial score (nSPS) is 22.7. The van der Waals surface area contributed by atoms with Gasteiger partial charge < -0.3 is 19.5 Å². The van der Waals surface area contributed by atoms with Crippen LogP contribution in [0.3, 0.4) is 0 Å². The van der Waals surface area contributed by atoms with E-state index in [1.807, 2.05) is 13.8 Å². The first-order valence-corrected chi connectivity index (χ1v) is 7.39. The lowest BCUT2D eigenvalue weighted by atomic mass is 9.84. The Morgan fingerprint density at radius 3 is 2.43 bits per heavy atom. The summed E-state index contributed by atoms with van der Waals surface area (Å²) in [7, 11) is 0. The average Bonchev–Trinajstić information content (AvgIpc) is 2.72. The van der Waals surface area contributed by atoms with Gasteiger partial charge in [0.2, 0.25) is 0 Å². The molecule has 6 heteroatoms. The summed E-state index contributed by atoms with van der Waals surface area (Å²) in [5.74, 6) is -0.874. The Hall–Kier alpha value is -1.30. The van der Waals surface area contributed by atoms with Gasteiger partial charge in [-0.25, -0.2) is 4.79 Å². The van der Waals surface area contributed by atoms with Crippen LogP contribution in [0.2, 0.25) is 0 Å². The van der Waals surface area contributed by atoms with Gasteiger partial charge in [-0.15, -0.1) is 0 Å². The maximum absolute atomic E-state index is 12.0. The van der Waals surface area contributed by atoms with Gasteiger partial charge in [0.05, 0.1) is 11.5 Å². The molecule has 0 aromatic heterocycles. The Kier molecular flexibility index (Phi) is 5.61. The highest BCUT2D eigenvalue weighted by Crippen LogP contribution is 2.35. The summed E-state index contributed by atoms with van der Waals surface area (Å²) in [4.78, 5) is 25.1. The Labute approximate surface area is 126 Å². The Balaban J connectivity index is 2.65. The number of ether oxygens (including phenoxy) is 2. The predicted octanol–water partition coefficient (Wildman–Crippen LogP) is 2.51. The molecule has 0 aromatic rings. The first kappa shape index (κ1) is 17.8. The van der Waals surface area contributed by atoms with E-state index < -0.39 is 23.1 Å². The molecule has 21 heavy (non-hydrogen) atoms. The van der Waals surface area contributed by atoms with Gasteiger partial charge in [-0.1, -0.05) is 0 Å². The number of hydrogen-bond donors (Lipinski definition) is 1. The van der Waals surface area contributed by atoms with E-state index in [4.69, 9.17) is 9.47 Å². The highest BCUT2D eigenvalue weighted by Gasteiger charge is 2.46. The third-order valence-corrected chi connectivity index (χ3v) is 3.49. The number of aliphatic carboxylic acids is 1. The highest BCUT2D eigenvalue weighted by atomic mass is 16.6. The topological polar surface area (TPSA) is 76.1 Å². The van der Waals surface area contributed by atoms with E-state index in [-0.39, 0.29) is 12.6 Å². The molecule has 1 aliphatic heterocycles. The number of carbonyl (C=O) groups excluding carboxylic acids is 1. The first-order valence-electron chi connectivity index (χ1n) is 7.39. The van der Waals surface area contributed by atoms with Crippen molar-refractivity contribution < 1.29 is 24.2 Å². The minimum atomic E-state index is -0.925. The van der Waals surface area contributed by atoms with Crippen LogP contribution in [-0.2, 0) is 14.3 Å². The van der Waals surface area contributed by atoms with Crippen LogP contribution < -0.4 is 0 Å². The largest absolute Gasteiger partial charge is 0.481 e. The Morgan fingerprint density at radius 2 is 1.95 bits per heavy atom. The molecule has 0 aliphatic carbocycles. The molecular formula is C15H27NO5. The Morgan fingerprint density at radius 1 is 1.33 bits per heavy atom. The van der Waals surface area contributed by atoms with E-state index in [1.54, 1.807) is 20.8 Å². The molecule has 1 amide bonds. The fourth-order valence-corrected chi connectivity index (χ4v) is 2.33. The van der Waals surface area contributed by atoms with Gasteiger partial charge in [-0.2, -0.15) is 0 Å². The lowest BCUT2D eigenvalue weighted by molar-refractivity contribution is -0.149. The van der Waals surface area contributed by atoms with Gasteiger partial charge in [0, 0.05) is 19.7 Å². The van der Waals surface area contributed by atoms with Gasteiger partial charge in [0.25, 0.3) is 0 Å². The molecule has 0 radical (unpaired) electrons. The van der Waals surface area contributed by atoms with Crippen molar-refractivity contribution in [2.24, 2.45) is 5.41 Å². The summed E-state index contributed by atoms with van der Waals surface area (Å²) in [6, 6.07) is 0. The van der Waals surface area contributed by atoms with Gasteiger partial charge in [0.15, 0.2) is 0 Å². The van der Waals surface area contributed by atoms with Crippen molar-refractivity contribution in [3.8, 4) is 0 Å². The summed E-state index contributed by atoms with van der Waals surface area (Å²) < 4.78 is 10.8. The molecule has 1 aliphatic rings. The summed E-state index contributed by atoms with van der Waals surface area (Å²) in [6.07, 6.45) is 0.456. The number of likely N-dealkylation sites (tertiary alicyclic amines) is 1. The maximum Gasteiger partial charge on any atom is 0.410 e. The van der Waals surface area contributed by atoms with Crippen molar-refractivity contribution in [2.45, 2.75) is 59.2 Å². The average molecular weight is 301 g/mol. The highest BCUT2D eigenvalue weighted by molar-refractivity contribution is 5.78. The van der Waals surface area contributed by atoms with E-state index in [0.29, 0.717) is 26.0 Å². The fraction of sp³-hybridized carbons (Fsp3) is 0.867. The number of rotatable bonds is 5. The van der Waals surface area contributed by atoms with Gasteiger partial charge in [-0.05, 0) is 47.5 Å². The predicted molar refractivity (Wildman–Crippen MR) is 78.2 cm³/mol. The van der Waals surface area contributed by atoms with Crippen molar-refractivity contribution >= 4 is 12.1 Å². The van der Waals surface area contributed by atoms with Gasteiger partial charge >= 0.3 is 12.1 Å². The number of carbonyl (C=O) groups is 2. The standard InChI is InChI=1S/C15H27NO5/c1-11(2)20-9-7-15(12(17)18)6-8-16(10-15)13(19)21-14(3,4)5/h11H,6-10H2,1-5H3,(H,17,18). The first-order chi connectivity index (χ1) is 9.56. The van der Waals surface area contributed by atoms with E-state index in [2.05, 4.69) is 0 Å². The molecule has 6 nitrogen and oxygen atoms in total. The van der Waals surface area contributed by atoms with E-state index in [1.165, 1.54) is 4.90 Å². The molecule has 1 heterocycles. The number of carboxylic acids is 1. The SMILES string of the molecule is CC(C)OCCC1(C(=O)O)CCN(C(=O)OC(C)(C)C)C1. The van der Waals surface area contributed by atoms with Crippen LogP contribution in [0.5, 0.6) is 0 Å². The summed E-state index contributed by atoms with van der Waals surface area (Å²) in [6.45, 7) is 10.2. The molecule has 0 aromatic carbocycles. The third kappa shape index (κ3) is 5.19. The summed E-state index contributed by atoms with van der Waals surface area (Å²) in [5.41, 5.74) is -1.50. The molecule has 1 rings (SSSR count). The smallest absolute Gasteiger partial charge is 0.410 e. The van der Waals surface area contributed by atoms with Gasteiger partial charge in [0.1, 0.15) is 5.60 Å².